The highest BCUT2D eigenvalue weighted by molar-refractivity contribution is 5.67. The molecule has 0 amide bonds. The van der Waals surface area contributed by atoms with Crippen molar-refractivity contribution >= 4 is 0 Å². The first kappa shape index (κ1) is 13.4. The summed E-state index contributed by atoms with van der Waals surface area (Å²) in [7, 11) is 0. The molecular weight excluding hydrogens is 248 g/mol. The van der Waals surface area contributed by atoms with Gasteiger partial charge in [-0.15, -0.1) is 0 Å². The van der Waals surface area contributed by atoms with Gasteiger partial charge in [0.2, 0.25) is 0 Å². The van der Waals surface area contributed by atoms with E-state index in [4.69, 9.17) is 4.52 Å². The van der Waals surface area contributed by atoms with Gasteiger partial charge in [-0.1, -0.05) is 29.4 Å². The molecule has 0 radical (unpaired) electrons. The van der Waals surface area contributed by atoms with Crippen molar-refractivity contribution in [3.8, 4) is 11.3 Å². The summed E-state index contributed by atoms with van der Waals surface area (Å²) in [6, 6.07) is 8.51. The summed E-state index contributed by atoms with van der Waals surface area (Å²) >= 11 is 0. The first-order valence-electron chi connectivity index (χ1n) is 7.35. The quantitative estimate of drug-likeness (QED) is 0.904. The second kappa shape index (κ2) is 5.06. The minimum absolute atomic E-state index is 0.0917. The molecule has 1 heterocycles. The van der Waals surface area contributed by atoms with Gasteiger partial charge in [0, 0.05) is 23.2 Å². The number of benzene rings is 1. The van der Waals surface area contributed by atoms with E-state index >= 15 is 0 Å². The maximum absolute atomic E-state index is 5.67. The van der Waals surface area contributed by atoms with E-state index in [1.807, 2.05) is 0 Å². The van der Waals surface area contributed by atoms with E-state index in [9.17, 15) is 0 Å². The Bertz CT molecular complexity index is 608. The molecule has 3 nitrogen and oxygen atoms in total. The van der Waals surface area contributed by atoms with Crippen LogP contribution in [-0.2, 0) is 19.4 Å². The second-order valence-electron chi connectivity index (χ2n) is 6.55. The molecule has 1 aromatic heterocycles. The summed E-state index contributed by atoms with van der Waals surface area (Å²) in [5.74, 6) is 0.976. The highest BCUT2D eigenvalue weighted by Gasteiger charge is 2.23. The smallest absolute Gasteiger partial charge is 0.170 e. The molecule has 1 N–H and O–H groups in total. The van der Waals surface area contributed by atoms with Gasteiger partial charge in [0.05, 0.1) is 0 Å². The zero-order chi connectivity index (χ0) is 14.2. The SMILES string of the molecule is CC(C)(C)NCc1noc2c1CCCc1ccccc1-2. The first-order chi connectivity index (χ1) is 9.54. The summed E-state index contributed by atoms with van der Waals surface area (Å²) in [6.45, 7) is 7.27. The fraction of sp³-hybridized carbons (Fsp3) is 0.471. The van der Waals surface area contributed by atoms with Crippen LogP contribution in [0.4, 0.5) is 0 Å². The molecular formula is C17H22N2O. The summed E-state index contributed by atoms with van der Waals surface area (Å²) in [5, 5.41) is 7.80. The summed E-state index contributed by atoms with van der Waals surface area (Å²) in [6.07, 6.45) is 3.33. The third-order valence-electron chi connectivity index (χ3n) is 3.79. The van der Waals surface area contributed by atoms with E-state index in [-0.39, 0.29) is 5.54 Å². The zero-order valence-corrected chi connectivity index (χ0v) is 12.5. The van der Waals surface area contributed by atoms with Crippen molar-refractivity contribution < 1.29 is 4.52 Å². The fourth-order valence-electron chi connectivity index (χ4n) is 2.71. The fourth-order valence-corrected chi connectivity index (χ4v) is 2.71. The van der Waals surface area contributed by atoms with Crippen molar-refractivity contribution in [3.05, 3.63) is 41.1 Å². The standard InChI is InChI=1S/C17H22N2O/c1-17(2,3)18-11-15-14-10-6-8-12-7-4-5-9-13(12)16(14)20-19-15/h4-5,7,9,18H,6,8,10-11H2,1-3H3. The number of aromatic nitrogens is 1. The molecule has 1 aliphatic rings. The van der Waals surface area contributed by atoms with E-state index in [1.54, 1.807) is 0 Å². The summed E-state index contributed by atoms with van der Waals surface area (Å²) < 4.78 is 5.67. The maximum atomic E-state index is 5.67. The number of hydrogen-bond acceptors (Lipinski definition) is 3. The number of rotatable bonds is 2. The summed E-state index contributed by atoms with van der Waals surface area (Å²) in [4.78, 5) is 0. The molecule has 0 bridgehead atoms. The molecule has 1 aliphatic carbocycles. The largest absolute Gasteiger partial charge is 0.356 e. The maximum Gasteiger partial charge on any atom is 0.170 e. The lowest BCUT2D eigenvalue weighted by molar-refractivity contribution is 0.392. The molecule has 0 spiro atoms. The van der Waals surface area contributed by atoms with Crippen molar-refractivity contribution in [2.75, 3.05) is 0 Å². The van der Waals surface area contributed by atoms with Gasteiger partial charge in [-0.3, -0.25) is 0 Å². The van der Waals surface area contributed by atoms with Crippen LogP contribution in [0.1, 0.15) is 44.0 Å². The van der Waals surface area contributed by atoms with Crippen LogP contribution in [0.15, 0.2) is 28.8 Å². The molecule has 0 atom stereocenters. The second-order valence-corrected chi connectivity index (χ2v) is 6.55. The Balaban J connectivity index is 1.95. The summed E-state index contributed by atoms with van der Waals surface area (Å²) in [5.41, 5.74) is 5.03. The number of fused-ring (bicyclic) bond motifs is 3. The van der Waals surface area contributed by atoms with Gasteiger partial charge in [0.15, 0.2) is 5.76 Å². The van der Waals surface area contributed by atoms with Gasteiger partial charge in [-0.2, -0.15) is 0 Å². The van der Waals surface area contributed by atoms with Crippen LogP contribution in [0.2, 0.25) is 0 Å². The number of aryl methyl sites for hydroxylation is 1. The topological polar surface area (TPSA) is 38.1 Å². The van der Waals surface area contributed by atoms with E-state index in [1.165, 1.54) is 16.7 Å². The van der Waals surface area contributed by atoms with Crippen LogP contribution in [0, 0.1) is 0 Å². The van der Waals surface area contributed by atoms with Crippen LogP contribution in [0.5, 0.6) is 0 Å². The normalized spacial score (nSPS) is 14.6. The van der Waals surface area contributed by atoms with Crippen LogP contribution < -0.4 is 5.32 Å². The third-order valence-corrected chi connectivity index (χ3v) is 3.79. The van der Waals surface area contributed by atoms with Crippen LogP contribution >= 0.6 is 0 Å². The van der Waals surface area contributed by atoms with Gasteiger partial charge in [0.1, 0.15) is 5.69 Å². The molecule has 0 fully saturated rings. The average Bonchev–Trinajstić information content (AvgIpc) is 2.70. The minimum Gasteiger partial charge on any atom is -0.356 e. The highest BCUT2D eigenvalue weighted by Crippen LogP contribution is 2.34. The molecule has 20 heavy (non-hydrogen) atoms. The minimum atomic E-state index is 0.0917. The Morgan fingerprint density at radius 2 is 2.00 bits per heavy atom. The van der Waals surface area contributed by atoms with Gasteiger partial charge < -0.3 is 9.84 Å². The van der Waals surface area contributed by atoms with Crippen LogP contribution in [-0.4, -0.2) is 10.7 Å². The van der Waals surface area contributed by atoms with E-state index < -0.39 is 0 Å². The van der Waals surface area contributed by atoms with Gasteiger partial charge >= 0.3 is 0 Å². The molecule has 1 aromatic carbocycles. The first-order valence-corrected chi connectivity index (χ1v) is 7.35. The molecule has 3 rings (SSSR count). The lowest BCUT2D eigenvalue weighted by Gasteiger charge is -2.19. The van der Waals surface area contributed by atoms with Crippen molar-refractivity contribution in [1.29, 1.82) is 0 Å². The van der Waals surface area contributed by atoms with E-state index in [2.05, 4.69) is 55.5 Å². The van der Waals surface area contributed by atoms with Crippen molar-refractivity contribution in [3.63, 3.8) is 0 Å². The van der Waals surface area contributed by atoms with E-state index in [0.717, 1.165) is 37.3 Å². The van der Waals surface area contributed by atoms with Crippen LogP contribution in [0.25, 0.3) is 11.3 Å². The Labute approximate surface area is 120 Å². The lowest BCUT2D eigenvalue weighted by atomic mass is 10.0. The van der Waals surface area contributed by atoms with Crippen molar-refractivity contribution in [2.45, 2.75) is 52.1 Å². The highest BCUT2D eigenvalue weighted by atomic mass is 16.5. The van der Waals surface area contributed by atoms with Crippen molar-refractivity contribution in [2.24, 2.45) is 0 Å². The van der Waals surface area contributed by atoms with Gasteiger partial charge in [-0.25, -0.2) is 0 Å². The number of nitrogens with one attached hydrogen (secondary N) is 1. The molecule has 3 heteroatoms. The molecule has 2 aromatic rings. The predicted octanol–water partition coefficient (Wildman–Crippen LogP) is 3.72. The zero-order valence-electron chi connectivity index (χ0n) is 12.5. The average molecular weight is 270 g/mol. The third kappa shape index (κ3) is 2.63. The van der Waals surface area contributed by atoms with Gasteiger partial charge in [0.25, 0.3) is 0 Å². The lowest BCUT2D eigenvalue weighted by Crippen LogP contribution is -2.35. The van der Waals surface area contributed by atoms with E-state index in [0.29, 0.717) is 0 Å². The Morgan fingerprint density at radius 1 is 1.20 bits per heavy atom. The number of nitrogens with zero attached hydrogens (tertiary/aromatic N) is 1. The molecule has 0 saturated carbocycles. The predicted molar refractivity (Wildman–Crippen MR) is 80.6 cm³/mol. The number of hydrogen-bond donors (Lipinski definition) is 1. The van der Waals surface area contributed by atoms with Gasteiger partial charge in [-0.05, 0) is 45.6 Å². The monoisotopic (exact) mass is 270 g/mol. The molecule has 0 saturated heterocycles. The van der Waals surface area contributed by atoms with Crippen molar-refractivity contribution in [1.82, 2.24) is 10.5 Å². The Hall–Kier alpha value is -1.61. The molecule has 0 unspecified atom stereocenters. The molecule has 106 valence electrons. The Morgan fingerprint density at radius 3 is 2.80 bits per heavy atom. The molecule has 0 aliphatic heterocycles. The van der Waals surface area contributed by atoms with Crippen LogP contribution in [0.3, 0.4) is 0 Å². The Kier molecular flexibility index (Phi) is 3.38.